The Kier molecular flexibility index (Phi) is 11.7. The quantitative estimate of drug-likeness (QED) is 0.122. The van der Waals surface area contributed by atoms with Gasteiger partial charge in [-0.15, -0.1) is 0 Å². The Morgan fingerprint density at radius 3 is 2.07 bits per heavy atom. The summed E-state index contributed by atoms with van der Waals surface area (Å²) in [6.45, 7) is 8.53. The minimum atomic E-state index is -0.856. The third-order valence-electron chi connectivity index (χ3n) is 11.6. The van der Waals surface area contributed by atoms with Crippen LogP contribution in [0.5, 0.6) is 0 Å². The van der Waals surface area contributed by atoms with E-state index >= 15 is 4.39 Å². The fourth-order valence-corrected chi connectivity index (χ4v) is 8.28. The molecule has 2 aromatic heterocycles. The van der Waals surface area contributed by atoms with Crippen molar-refractivity contribution in [1.29, 1.82) is 0 Å². The molecule has 5 aromatic rings. The number of H-pyrrole nitrogens is 2. The fraction of sp³-hybridized carbons (Fsp3) is 0.409. The zero-order valence-electron chi connectivity index (χ0n) is 34.1. The summed E-state index contributed by atoms with van der Waals surface area (Å²) in [5.41, 5.74) is 3.44. The summed E-state index contributed by atoms with van der Waals surface area (Å²) in [6.07, 6.45) is 2.44. The van der Waals surface area contributed by atoms with Gasteiger partial charge in [0.1, 0.15) is 17.9 Å². The molecule has 59 heavy (non-hydrogen) atoms. The molecule has 2 aliphatic heterocycles. The van der Waals surface area contributed by atoms with E-state index in [1.54, 1.807) is 28.1 Å². The van der Waals surface area contributed by atoms with Crippen LogP contribution in [0.3, 0.4) is 0 Å². The second-order valence-corrected chi connectivity index (χ2v) is 16.1. The van der Waals surface area contributed by atoms with Crippen molar-refractivity contribution in [2.45, 2.75) is 71.0 Å². The van der Waals surface area contributed by atoms with E-state index in [4.69, 9.17) is 9.47 Å². The van der Waals surface area contributed by atoms with Crippen LogP contribution in [0.15, 0.2) is 65.6 Å². The SMILES string of the molecule is COC(=O)N[C@H](C(=O)N1CCC[C@H]1c1ncc(-c2ccc3cc(-c4ccc5c(=O)c(F)c([C@H]6CCN(C(=O)[C@H](NC(=O)OC)C(C)C)C6)[nH]c5c4)ccc3c2)[nH]1)C(C)C. The molecule has 2 aliphatic rings. The number of rotatable bonds is 10. The highest BCUT2D eigenvalue weighted by Crippen LogP contribution is 2.35. The lowest BCUT2D eigenvalue weighted by molar-refractivity contribution is -0.135. The van der Waals surface area contributed by atoms with Crippen LogP contribution in [0.1, 0.15) is 70.4 Å². The third kappa shape index (κ3) is 8.23. The number of halogens is 1. The average molecular weight is 808 g/mol. The minimum Gasteiger partial charge on any atom is -0.453 e. The van der Waals surface area contributed by atoms with Crippen LogP contribution in [0, 0.1) is 17.7 Å². The van der Waals surface area contributed by atoms with Crippen molar-refractivity contribution in [3.63, 3.8) is 0 Å². The lowest BCUT2D eigenvalue weighted by Crippen LogP contribution is -2.51. The molecule has 0 aliphatic carbocycles. The zero-order chi connectivity index (χ0) is 42.1. The van der Waals surface area contributed by atoms with Crippen LogP contribution >= 0.6 is 0 Å². The summed E-state index contributed by atoms with van der Waals surface area (Å²) in [6, 6.07) is 15.7. The Bertz CT molecular complexity index is 2480. The van der Waals surface area contributed by atoms with Crippen molar-refractivity contribution in [1.82, 2.24) is 35.4 Å². The number of nitrogens with one attached hydrogen (secondary N) is 4. The molecule has 4 heterocycles. The zero-order valence-corrected chi connectivity index (χ0v) is 34.1. The molecule has 2 saturated heterocycles. The van der Waals surface area contributed by atoms with Crippen molar-refractivity contribution in [3.8, 4) is 22.4 Å². The number of benzene rings is 3. The van der Waals surface area contributed by atoms with Gasteiger partial charge in [-0.25, -0.2) is 19.0 Å². The second kappa shape index (κ2) is 16.9. The Morgan fingerprint density at radius 1 is 0.797 bits per heavy atom. The Balaban J connectivity index is 1.09. The second-order valence-electron chi connectivity index (χ2n) is 16.1. The van der Waals surface area contributed by atoms with Crippen LogP contribution < -0.4 is 16.1 Å². The number of imidazole rings is 1. The molecule has 0 spiro atoms. The summed E-state index contributed by atoms with van der Waals surface area (Å²) < 4.78 is 25.1. The van der Waals surface area contributed by atoms with Crippen molar-refractivity contribution in [2.75, 3.05) is 33.9 Å². The van der Waals surface area contributed by atoms with Gasteiger partial charge in [-0.1, -0.05) is 58.0 Å². The number of pyridine rings is 1. The van der Waals surface area contributed by atoms with Crippen molar-refractivity contribution >= 4 is 45.7 Å². The van der Waals surface area contributed by atoms with Crippen molar-refractivity contribution in [2.24, 2.45) is 11.8 Å². The number of aromatic amines is 2. The van der Waals surface area contributed by atoms with Gasteiger partial charge in [-0.05, 0) is 77.3 Å². The molecule has 0 saturated carbocycles. The van der Waals surface area contributed by atoms with Gasteiger partial charge < -0.3 is 39.9 Å². The maximum atomic E-state index is 15.6. The number of fused-ring (bicyclic) bond motifs is 2. The summed E-state index contributed by atoms with van der Waals surface area (Å²) in [5.74, 6) is -1.39. The van der Waals surface area contributed by atoms with E-state index < -0.39 is 41.4 Å². The molecule has 2 fully saturated rings. The molecule has 15 heteroatoms. The van der Waals surface area contributed by atoms with E-state index in [0.717, 1.165) is 46.0 Å². The molecule has 0 radical (unpaired) electrons. The predicted molar refractivity (Wildman–Crippen MR) is 221 cm³/mol. The van der Waals surface area contributed by atoms with Crippen LogP contribution in [0.25, 0.3) is 44.1 Å². The summed E-state index contributed by atoms with van der Waals surface area (Å²) in [7, 11) is 2.51. The first-order valence-corrected chi connectivity index (χ1v) is 20.0. The lowest BCUT2D eigenvalue weighted by atomic mass is 9.97. The number of aromatic nitrogens is 3. The number of hydrogen-bond acceptors (Lipinski definition) is 8. The molecular formula is C44H50FN7O7. The van der Waals surface area contributed by atoms with Gasteiger partial charge in [0.2, 0.25) is 17.2 Å². The van der Waals surface area contributed by atoms with Gasteiger partial charge in [0.05, 0.1) is 43.4 Å². The van der Waals surface area contributed by atoms with Crippen molar-refractivity contribution in [3.05, 3.63) is 88.4 Å². The standard InChI is InChI=1S/C44H50FN7O7/c1-23(2)36(49-43(56)58-5)41(54)51-17-15-30(22-51)38-35(45)39(53)31-14-13-28(20-32(31)47-38)26-9-10-27-19-29(12-11-25(27)18-26)33-21-46-40(48-33)34-8-7-16-52(34)42(55)37(24(3)4)50-44(57)59-6/h9-14,18-21,23-24,30,34,36-37H,7-8,15-17,22H2,1-6H3,(H,46,48)(H,47,53)(H,49,56)(H,50,57)/t30-,34-,36+,37-/m0/s1. The number of amides is 4. The third-order valence-corrected chi connectivity index (χ3v) is 11.6. The van der Waals surface area contributed by atoms with Gasteiger partial charge in [0.25, 0.3) is 0 Å². The Morgan fingerprint density at radius 2 is 1.41 bits per heavy atom. The number of alkyl carbamates (subject to hydrolysis) is 2. The summed E-state index contributed by atoms with van der Waals surface area (Å²) >= 11 is 0. The van der Waals surface area contributed by atoms with Crippen LogP contribution in [-0.4, -0.2) is 94.7 Å². The van der Waals surface area contributed by atoms with Crippen LogP contribution in [-0.2, 0) is 19.1 Å². The number of nitrogens with zero attached hydrogens (tertiary/aromatic N) is 3. The lowest BCUT2D eigenvalue weighted by Gasteiger charge is -2.30. The molecule has 4 amide bonds. The average Bonchev–Trinajstić information content (AvgIpc) is 4.04. The fourth-order valence-electron chi connectivity index (χ4n) is 8.28. The first kappa shape index (κ1) is 40.9. The number of ether oxygens (including phenoxy) is 2. The van der Waals surface area contributed by atoms with Crippen molar-refractivity contribution < 1.29 is 33.0 Å². The highest BCUT2D eigenvalue weighted by Gasteiger charge is 2.38. The van der Waals surface area contributed by atoms with Gasteiger partial charge in [-0.2, -0.15) is 0 Å². The number of methoxy groups -OCH3 is 2. The number of likely N-dealkylation sites (tertiary alicyclic amines) is 2. The molecule has 0 unspecified atom stereocenters. The maximum absolute atomic E-state index is 15.6. The molecule has 4 N–H and O–H groups in total. The Labute approximate surface area is 340 Å². The van der Waals surface area contributed by atoms with Crippen LogP contribution in [0.2, 0.25) is 0 Å². The minimum absolute atomic E-state index is 0.132. The monoisotopic (exact) mass is 807 g/mol. The molecule has 310 valence electrons. The summed E-state index contributed by atoms with van der Waals surface area (Å²) in [4.78, 5) is 78.8. The molecule has 4 atom stereocenters. The molecule has 14 nitrogen and oxygen atoms in total. The van der Waals surface area contributed by atoms with E-state index in [1.807, 2.05) is 58.0 Å². The van der Waals surface area contributed by atoms with Gasteiger partial charge in [0.15, 0.2) is 5.82 Å². The van der Waals surface area contributed by atoms with Gasteiger partial charge in [0, 0.05) is 36.5 Å². The molecular weight excluding hydrogens is 758 g/mol. The molecule has 3 aromatic carbocycles. The first-order valence-electron chi connectivity index (χ1n) is 20.0. The van der Waals surface area contributed by atoms with E-state index in [1.165, 1.54) is 14.2 Å². The van der Waals surface area contributed by atoms with Gasteiger partial charge >= 0.3 is 12.2 Å². The van der Waals surface area contributed by atoms with E-state index in [0.29, 0.717) is 30.9 Å². The van der Waals surface area contributed by atoms with E-state index in [2.05, 4.69) is 37.7 Å². The molecule has 0 bridgehead atoms. The highest BCUT2D eigenvalue weighted by atomic mass is 19.1. The number of hydrogen-bond donors (Lipinski definition) is 4. The molecule has 7 rings (SSSR count). The topological polar surface area (TPSA) is 179 Å². The smallest absolute Gasteiger partial charge is 0.407 e. The first-order chi connectivity index (χ1) is 28.3. The normalized spacial score (nSPS) is 17.8. The van der Waals surface area contributed by atoms with E-state index in [-0.39, 0.29) is 47.3 Å². The van der Waals surface area contributed by atoms with Gasteiger partial charge in [-0.3, -0.25) is 14.4 Å². The largest absolute Gasteiger partial charge is 0.453 e. The maximum Gasteiger partial charge on any atom is 0.407 e. The highest BCUT2D eigenvalue weighted by molar-refractivity contribution is 5.92. The Hall–Kier alpha value is -6.25. The predicted octanol–water partition coefficient (Wildman–Crippen LogP) is 6.62. The number of carbonyl (C=O) groups excluding carboxylic acids is 4. The van der Waals surface area contributed by atoms with Crippen LogP contribution in [0.4, 0.5) is 14.0 Å². The summed E-state index contributed by atoms with van der Waals surface area (Å²) in [5, 5.41) is 7.50. The number of carbonyl (C=O) groups is 4. The van der Waals surface area contributed by atoms with E-state index in [9.17, 15) is 24.0 Å².